The molecule has 14 heavy (non-hydrogen) atoms. The van der Waals surface area contributed by atoms with E-state index in [-0.39, 0.29) is 32.7 Å². The summed E-state index contributed by atoms with van der Waals surface area (Å²) in [6.07, 6.45) is -9.00. The molecule has 1 fully saturated rings. The Morgan fingerprint density at radius 2 is 1.57 bits per heavy atom. The normalized spacial score (nSPS) is 42.7. The zero-order valence-electron chi connectivity index (χ0n) is 6.98. The van der Waals surface area contributed by atoms with E-state index < -0.39 is 36.7 Å². The van der Waals surface area contributed by atoms with Crippen molar-refractivity contribution < 1.29 is 67.8 Å². The molecule has 1 rings (SSSR count). The van der Waals surface area contributed by atoms with Gasteiger partial charge >= 0.3 is 0 Å². The Hall–Kier alpha value is 0.374. The second kappa shape index (κ2) is 5.46. The summed E-state index contributed by atoms with van der Waals surface area (Å²) in [4.78, 5) is 10.3. The van der Waals surface area contributed by atoms with Gasteiger partial charge in [0.1, 0.15) is 24.4 Å². The summed E-state index contributed by atoms with van der Waals surface area (Å²) < 4.78 is 4.28. The summed E-state index contributed by atoms with van der Waals surface area (Å²) in [6.45, 7) is 0. The van der Waals surface area contributed by atoms with Crippen molar-refractivity contribution in [3.05, 3.63) is 0 Å². The Bertz CT molecular complexity index is 210. The molecule has 1 aliphatic rings. The molecule has 5 unspecified atom stereocenters. The van der Waals surface area contributed by atoms with Crippen molar-refractivity contribution >= 4 is 5.97 Å². The number of carboxylic acids is 1. The molecule has 1 aliphatic heterocycles. The number of ether oxygens (including phenoxy) is 1. The molecule has 4 N–H and O–H groups in total. The van der Waals surface area contributed by atoms with E-state index in [4.69, 9.17) is 20.4 Å². The second-order valence-electron chi connectivity index (χ2n) is 2.74. The molecule has 7 nitrogen and oxygen atoms in total. The van der Waals surface area contributed by atoms with Crippen LogP contribution in [0.4, 0.5) is 0 Å². The van der Waals surface area contributed by atoms with Gasteiger partial charge in [-0.05, 0) is 0 Å². The molecule has 8 heteroatoms. The third kappa shape index (κ3) is 2.69. The molecule has 0 aliphatic carbocycles. The largest absolute Gasteiger partial charge is 0.547 e. The first-order chi connectivity index (χ1) is 5.95. The average molecular weight is 282 g/mol. The SMILES string of the molecule is O=C([O-])C1OC(O)C(O)C(O)C1O.[Y]. The Morgan fingerprint density at radius 3 is 2.00 bits per heavy atom. The Morgan fingerprint density at radius 1 is 1.07 bits per heavy atom. The maximum Gasteiger partial charge on any atom is 0.184 e. The van der Waals surface area contributed by atoms with Crippen LogP contribution in [0.5, 0.6) is 0 Å². The molecule has 1 radical (unpaired) electrons. The third-order valence-corrected chi connectivity index (χ3v) is 1.82. The van der Waals surface area contributed by atoms with Crippen LogP contribution in [-0.2, 0) is 42.2 Å². The number of aliphatic hydroxyl groups excluding tert-OH is 4. The number of rotatable bonds is 1. The summed E-state index contributed by atoms with van der Waals surface area (Å²) in [6, 6.07) is 0. The first-order valence-electron chi connectivity index (χ1n) is 3.53. The predicted octanol–water partition coefficient (Wildman–Crippen LogP) is -4.47. The van der Waals surface area contributed by atoms with E-state index in [1.54, 1.807) is 0 Å². The van der Waals surface area contributed by atoms with Crippen LogP contribution in [0.2, 0.25) is 0 Å². The van der Waals surface area contributed by atoms with Crippen molar-refractivity contribution in [2.75, 3.05) is 0 Å². The summed E-state index contributed by atoms with van der Waals surface area (Å²) in [5.74, 6) is -1.77. The molecular formula is C6H9O7Y-. The smallest absolute Gasteiger partial charge is 0.184 e. The Labute approximate surface area is 104 Å². The minimum absolute atomic E-state index is 0. The van der Waals surface area contributed by atoms with E-state index in [1.807, 2.05) is 0 Å². The topological polar surface area (TPSA) is 130 Å². The van der Waals surface area contributed by atoms with E-state index in [1.165, 1.54) is 0 Å². The maximum absolute atomic E-state index is 10.3. The second-order valence-corrected chi connectivity index (χ2v) is 2.74. The van der Waals surface area contributed by atoms with E-state index in [0.29, 0.717) is 0 Å². The number of aliphatic hydroxyl groups is 4. The first kappa shape index (κ1) is 14.4. The molecule has 1 saturated heterocycles. The van der Waals surface area contributed by atoms with Crippen molar-refractivity contribution in [1.82, 2.24) is 0 Å². The van der Waals surface area contributed by atoms with Gasteiger partial charge in [-0.3, -0.25) is 0 Å². The summed E-state index contributed by atoms with van der Waals surface area (Å²) in [7, 11) is 0. The van der Waals surface area contributed by atoms with Gasteiger partial charge < -0.3 is 35.1 Å². The number of carbonyl (C=O) groups excluding carboxylic acids is 1. The van der Waals surface area contributed by atoms with Gasteiger partial charge in [-0.15, -0.1) is 0 Å². The summed E-state index contributed by atoms with van der Waals surface area (Å²) in [5, 5.41) is 46.1. The van der Waals surface area contributed by atoms with Crippen LogP contribution >= 0.6 is 0 Å². The molecule has 0 aromatic carbocycles. The van der Waals surface area contributed by atoms with Gasteiger partial charge in [0.2, 0.25) is 0 Å². The van der Waals surface area contributed by atoms with Gasteiger partial charge in [-0.1, -0.05) is 0 Å². The monoisotopic (exact) mass is 282 g/mol. The van der Waals surface area contributed by atoms with Crippen molar-refractivity contribution in [3.63, 3.8) is 0 Å². The summed E-state index contributed by atoms with van der Waals surface area (Å²) >= 11 is 0. The number of hydrogen-bond acceptors (Lipinski definition) is 7. The van der Waals surface area contributed by atoms with E-state index in [2.05, 4.69) is 4.74 Å². The van der Waals surface area contributed by atoms with Crippen LogP contribution in [-0.4, -0.2) is 57.1 Å². The van der Waals surface area contributed by atoms with Crippen LogP contribution in [0.3, 0.4) is 0 Å². The van der Waals surface area contributed by atoms with E-state index in [9.17, 15) is 9.90 Å². The molecule has 5 atom stereocenters. The average Bonchev–Trinajstić information content (AvgIpc) is 2.07. The molecule has 1 heterocycles. The van der Waals surface area contributed by atoms with E-state index >= 15 is 0 Å². The first-order valence-corrected chi connectivity index (χ1v) is 3.53. The van der Waals surface area contributed by atoms with Gasteiger partial charge in [0.05, 0.1) is 5.97 Å². The van der Waals surface area contributed by atoms with Crippen molar-refractivity contribution in [1.29, 1.82) is 0 Å². The zero-order chi connectivity index (χ0) is 10.2. The Kier molecular flexibility index (Phi) is 5.60. The van der Waals surface area contributed by atoms with Crippen LogP contribution in [0.1, 0.15) is 0 Å². The van der Waals surface area contributed by atoms with Gasteiger partial charge in [0, 0.05) is 32.7 Å². The molecule has 0 spiro atoms. The molecule has 0 amide bonds. The maximum atomic E-state index is 10.3. The molecule has 0 saturated carbocycles. The van der Waals surface area contributed by atoms with Gasteiger partial charge in [-0.2, -0.15) is 0 Å². The van der Waals surface area contributed by atoms with Crippen molar-refractivity contribution in [2.45, 2.75) is 30.7 Å². The molecule has 0 aromatic rings. The molecular weight excluding hydrogens is 273 g/mol. The molecule has 79 valence electrons. The number of aliphatic carboxylic acids is 1. The van der Waals surface area contributed by atoms with Gasteiger partial charge in [0.25, 0.3) is 0 Å². The van der Waals surface area contributed by atoms with Crippen molar-refractivity contribution in [2.24, 2.45) is 0 Å². The minimum Gasteiger partial charge on any atom is -0.547 e. The zero-order valence-corrected chi connectivity index (χ0v) is 9.82. The predicted molar refractivity (Wildman–Crippen MR) is 33.9 cm³/mol. The van der Waals surface area contributed by atoms with E-state index in [0.717, 1.165) is 0 Å². The number of carboxylic acid groups (broad SMARTS) is 1. The van der Waals surface area contributed by atoms with Crippen LogP contribution in [0.25, 0.3) is 0 Å². The quantitative estimate of drug-likeness (QED) is 0.381. The molecule has 0 aromatic heterocycles. The fourth-order valence-electron chi connectivity index (χ4n) is 1.06. The number of carbonyl (C=O) groups is 1. The fourth-order valence-corrected chi connectivity index (χ4v) is 1.06. The fraction of sp³-hybridized carbons (Fsp3) is 0.833. The third-order valence-electron chi connectivity index (χ3n) is 1.82. The standard InChI is InChI=1S/C6H10O7.Y/c7-1-2(8)4(5(10)11)13-6(12)3(1)9;/h1-4,6-9,12H,(H,10,11);/p-1. The summed E-state index contributed by atoms with van der Waals surface area (Å²) in [5.41, 5.74) is 0. The minimum atomic E-state index is -1.85. The van der Waals surface area contributed by atoms with Crippen molar-refractivity contribution in [3.8, 4) is 0 Å². The van der Waals surface area contributed by atoms with Gasteiger partial charge in [-0.25, -0.2) is 0 Å². The molecule has 0 bridgehead atoms. The Balaban J connectivity index is 0.00000169. The van der Waals surface area contributed by atoms with Gasteiger partial charge in [0.15, 0.2) is 6.29 Å². The van der Waals surface area contributed by atoms with Crippen LogP contribution in [0, 0.1) is 0 Å². The number of hydrogen-bond donors (Lipinski definition) is 4. The van der Waals surface area contributed by atoms with Crippen LogP contribution in [0.15, 0.2) is 0 Å². The van der Waals surface area contributed by atoms with Crippen LogP contribution < -0.4 is 5.11 Å².